The van der Waals surface area contributed by atoms with Gasteiger partial charge in [0, 0.05) is 30.5 Å². The zero-order valence-corrected chi connectivity index (χ0v) is 11.7. The number of nitrogens with zero attached hydrogens (tertiary/aromatic N) is 1. The fraction of sp³-hybridized carbons (Fsp3) is 0.667. The summed E-state index contributed by atoms with van der Waals surface area (Å²) in [6.07, 6.45) is 2.08. The van der Waals surface area contributed by atoms with E-state index in [2.05, 4.69) is 15.6 Å². The molecule has 0 aromatic carbocycles. The topological polar surface area (TPSA) is 74.2 Å². The van der Waals surface area contributed by atoms with E-state index < -0.39 is 0 Å². The molecule has 0 spiro atoms. The van der Waals surface area contributed by atoms with E-state index in [0.29, 0.717) is 13.0 Å². The lowest BCUT2D eigenvalue weighted by Crippen LogP contribution is -2.50. The van der Waals surface area contributed by atoms with Crippen molar-refractivity contribution in [3.63, 3.8) is 0 Å². The van der Waals surface area contributed by atoms with Crippen LogP contribution in [0.15, 0.2) is 10.9 Å². The van der Waals surface area contributed by atoms with Crippen molar-refractivity contribution in [3.05, 3.63) is 16.6 Å². The lowest BCUT2D eigenvalue weighted by Gasteiger charge is -2.28. The highest BCUT2D eigenvalue weighted by Crippen LogP contribution is 2.13. The molecule has 0 aliphatic heterocycles. The lowest BCUT2D eigenvalue weighted by atomic mass is 9.95. The van der Waals surface area contributed by atoms with Crippen LogP contribution in [0.4, 0.5) is 4.79 Å². The molecule has 102 valence electrons. The Kier molecular flexibility index (Phi) is 6.07. The number of aromatic nitrogens is 1. The second kappa shape index (κ2) is 7.33. The van der Waals surface area contributed by atoms with Gasteiger partial charge in [-0.1, -0.05) is 6.92 Å². The number of nitrogens with one attached hydrogen (secondary N) is 2. The van der Waals surface area contributed by atoms with Crippen LogP contribution in [0.1, 0.15) is 32.4 Å². The third kappa shape index (κ3) is 5.01. The molecule has 1 unspecified atom stereocenters. The first-order valence-electron chi connectivity index (χ1n) is 6.13. The number of hydrogen-bond acceptors (Lipinski definition) is 4. The predicted molar refractivity (Wildman–Crippen MR) is 72.8 cm³/mol. The van der Waals surface area contributed by atoms with Crippen LogP contribution in [-0.4, -0.2) is 34.8 Å². The van der Waals surface area contributed by atoms with Crippen LogP contribution in [0.5, 0.6) is 0 Å². The maximum Gasteiger partial charge on any atom is 0.315 e. The average Bonchev–Trinajstić information content (AvgIpc) is 2.82. The summed E-state index contributed by atoms with van der Waals surface area (Å²) < 4.78 is 0. The van der Waals surface area contributed by atoms with Crippen LogP contribution in [0, 0.1) is 0 Å². The molecule has 1 heterocycles. The molecule has 2 amide bonds. The van der Waals surface area contributed by atoms with Gasteiger partial charge in [-0.2, -0.15) is 0 Å². The van der Waals surface area contributed by atoms with E-state index in [9.17, 15) is 4.79 Å². The van der Waals surface area contributed by atoms with E-state index in [0.717, 1.165) is 18.5 Å². The van der Waals surface area contributed by atoms with E-state index >= 15 is 0 Å². The number of urea groups is 1. The fourth-order valence-corrected chi connectivity index (χ4v) is 2.15. The maximum atomic E-state index is 11.7. The molecular weight excluding hydrogens is 250 g/mol. The summed E-state index contributed by atoms with van der Waals surface area (Å²) in [6.45, 7) is 4.56. The minimum absolute atomic E-state index is 0.0729. The number of carbonyl (C=O) groups excluding carboxylic acids is 1. The van der Waals surface area contributed by atoms with Gasteiger partial charge in [0.1, 0.15) is 0 Å². The summed E-state index contributed by atoms with van der Waals surface area (Å²) in [7, 11) is 0. The summed E-state index contributed by atoms with van der Waals surface area (Å²) in [6, 6.07) is -0.192. The fourth-order valence-electron chi connectivity index (χ4n) is 1.56. The molecule has 0 saturated heterocycles. The van der Waals surface area contributed by atoms with E-state index in [1.165, 1.54) is 0 Å². The minimum atomic E-state index is -0.348. The van der Waals surface area contributed by atoms with Crippen LogP contribution in [-0.2, 0) is 6.42 Å². The molecule has 1 aromatic heterocycles. The first-order chi connectivity index (χ1) is 8.59. The second-order valence-electron chi connectivity index (χ2n) is 4.50. The summed E-state index contributed by atoms with van der Waals surface area (Å²) >= 11 is 1.55. The Hall–Kier alpha value is -1.14. The molecule has 1 rings (SSSR count). The largest absolute Gasteiger partial charge is 0.396 e. The lowest BCUT2D eigenvalue weighted by molar-refractivity contribution is 0.201. The van der Waals surface area contributed by atoms with Gasteiger partial charge in [0.05, 0.1) is 11.2 Å². The van der Waals surface area contributed by atoms with Crippen LogP contribution < -0.4 is 10.6 Å². The SMILES string of the molecule is CCC(C)(CCO)NC(=O)NCCc1cscn1. The molecule has 6 heteroatoms. The van der Waals surface area contributed by atoms with Gasteiger partial charge in [-0.15, -0.1) is 11.3 Å². The van der Waals surface area contributed by atoms with Gasteiger partial charge in [0.2, 0.25) is 0 Å². The summed E-state index contributed by atoms with van der Waals surface area (Å²) in [5, 5.41) is 16.6. The zero-order valence-electron chi connectivity index (χ0n) is 10.9. The Bertz CT molecular complexity index is 356. The van der Waals surface area contributed by atoms with Crippen molar-refractivity contribution >= 4 is 17.4 Å². The number of rotatable bonds is 7. The van der Waals surface area contributed by atoms with Crippen molar-refractivity contribution in [3.8, 4) is 0 Å². The quantitative estimate of drug-likeness (QED) is 0.704. The Morgan fingerprint density at radius 2 is 2.39 bits per heavy atom. The zero-order chi connectivity index (χ0) is 13.4. The molecule has 0 radical (unpaired) electrons. The van der Waals surface area contributed by atoms with Crippen LogP contribution in [0.25, 0.3) is 0 Å². The smallest absolute Gasteiger partial charge is 0.315 e. The van der Waals surface area contributed by atoms with Crippen LogP contribution in [0.2, 0.25) is 0 Å². The first-order valence-corrected chi connectivity index (χ1v) is 7.08. The minimum Gasteiger partial charge on any atom is -0.396 e. The number of aliphatic hydroxyl groups excluding tert-OH is 1. The monoisotopic (exact) mass is 271 g/mol. The average molecular weight is 271 g/mol. The van der Waals surface area contributed by atoms with E-state index in [1.807, 2.05) is 19.2 Å². The van der Waals surface area contributed by atoms with Crippen LogP contribution >= 0.6 is 11.3 Å². The van der Waals surface area contributed by atoms with Gasteiger partial charge >= 0.3 is 6.03 Å². The molecular formula is C12H21N3O2S. The first kappa shape index (κ1) is 14.9. The molecule has 18 heavy (non-hydrogen) atoms. The molecule has 0 aliphatic rings. The van der Waals surface area contributed by atoms with Gasteiger partial charge in [0.15, 0.2) is 0 Å². The molecule has 0 saturated carbocycles. The van der Waals surface area contributed by atoms with Crippen molar-refractivity contribution < 1.29 is 9.90 Å². The van der Waals surface area contributed by atoms with E-state index in [-0.39, 0.29) is 18.2 Å². The Morgan fingerprint density at radius 3 is 2.94 bits per heavy atom. The van der Waals surface area contributed by atoms with E-state index in [1.54, 1.807) is 16.8 Å². The van der Waals surface area contributed by atoms with Gasteiger partial charge < -0.3 is 15.7 Å². The molecule has 1 atom stereocenters. The highest BCUT2D eigenvalue weighted by molar-refractivity contribution is 7.07. The number of hydrogen-bond donors (Lipinski definition) is 3. The number of aliphatic hydroxyl groups is 1. The Labute approximate surface area is 112 Å². The van der Waals surface area contributed by atoms with Crippen molar-refractivity contribution in [2.24, 2.45) is 0 Å². The Morgan fingerprint density at radius 1 is 1.61 bits per heavy atom. The summed E-state index contributed by atoms with van der Waals surface area (Å²) in [4.78, 5) is 15.8. The number of thiazole rings is 1. The van der Waals surface area contributed by atoms with Gasteiger partial charge in [-0.05, 0) is 19.8 Å². The number of amides is 2. The van der Waals surface area contributed by atoms with Gasteiger partial charge in [0.25, 0.3) is 0 Å². The molecule has 0 bridgehead atoms. The maximum absolute atomic E-state index is 11.7. The highest BCUT2D eigenvalue weighted by atomic mass is 32.1. The van der Waals surface area contributed by atoms with Gasteiger partial charge in [-0.3, -0.25) is 0 Å². The summed E-state index contributed by atoms with van der Waals surface area (Å²) in [5.74, 6) is 0. The molecule has 5 nitrogen and oxygen atoms in total. The van der Waals surface area contributed by atoms with Crippen LogP contribution in [0.3, 0.4) is 0 Å². The number of carbonyl (C=O) groups is 1. The summed E-state index contributed by atoms with van der Waals surface area (Å²) in [5.41, 5.74) is 2.43. The normalized spacial score (nSPS) is 13.9. The third-order valence-electron chi connectivity index (χ3n) is 3.01. The van der Waals surface area contributed by atoms with Crippen molar-refractivity contribution in [1.29, 1.82) is 0 Å². The standard InChI is InChI=1S/C12H21N3O2S/c1-3-12(2,5-7-16)15-11(17)13-6-4-10-8-18-9-14-10/h8-9,16H,3-7H2,1-2H3,(H2,13,15,17). The molecule has 1 aromatic rings. The van der Waals surface area contributed by atoms with E-state index in [4.69, 9.17) is 5.11 Å². The second-order valence-corrected chi connectivity index (χ2v) is 5.22. The molecule has 0 aliphatic carbocycles. The van der Waals surface area contributed by atoms with Gasteiger partial charge in [-0.25, -0.2) is 9.78 Å². The molecule has 0 fully saturated rings. The Balaban J connectivity index is 2.28. The predicted octanol–water partition coefficient (Wildman–Crippen LogP) is 1.54. The third-order valence-corrected chi connectivity index (χ3v) is 3.64. The highest BCUT2D eigenvalue weighted by Gasteiger charge is 2.23. The van der Waals surface area contributed by atoms with Crippen molar-refractivity contribution in [2.75, 3.05) is 13.2 Å². The van der Waals surface area contributed by atoms with Crippen molar-refractivity contribution in [1.82, 2.24) is 15.6 Å². The van der Waals surface area contributed by atoms with Crippen molar-refractivity contribution in [2.45, 2.75) is 38.6 Å². The molecule has 3 N–H and O–H groups in total.